The van der Waals surface area contributed by atoms with Crippen molar-refractivity contribution in [3.63, 3.8) is 0 Å². The van der Waals surface area contributed by atoms with E-state index in [4.69, 9.17) is 0 Å². The smallest absolute Gasteiger partial charge is 0.250 e. The normalized spacial score (nSPS) is 13.2. The van der Waals surface area contributed by atoms with Crippen LogP contribution in [0.15, 0.2) is 29.2 Å². The van der Waals surface area contributed by atoms with Gasteiger partial charge in [-0.3, -0.25) is 4.79 Å². The van der Waals surface area contributed by atoms with Gasteiger partial charge in [0, 0.05) is 12.3 Å². The Bertz CT molecular complexity index is 317. The first-order chi connectivity index (χ1) is 6.11. The summed E-state index contributed by atoms with van der Waals surface area (Å²) >= 11 is 0. The second-order valence-corrected chi connectivity index (χ2v) is 3.50. The molecule has 1 aromatic rings. The maximum absolute atomic E-state index is 11.2. The monoisotopic (exact) mass is 181 g/mol. The van der Waals surface area contributed by atoms with E-state index in [-0.39, 0.29) is 11.5 Å². The molecule has 13 heavy (non-hydrogen) atoms. The summed E-state index contributed by atoms with van der Waals surface area (Å²) in [4.78, 5) is 11.2. The van der Waals surface area contributed by atoms with Crippen LogP contribution in [-0.4, -0.2) is 15.8 Å². The SMILES string of the molecule is CC(C)C(O)Cn1ccccc1=O. The zero-order valence-electron chi connectivity index (χ0n) is 7.97. The molecule has 0 fully saturated rings. The number of aliphatic hydroxyl groups is 1. The van der Waals surface area contributed by atoms with Crippen LogP contribution >= 0.6 is 0 Å². The maximum atomic E-state index is 11.2. The molecule has 0 bridgehead atoms. The van der Waals surface area contributed by atoms with Crippen molar-refractivity contribution in [2.24, 2.45) is 5.92 Å². The third kappa shape index (κ3) is 2.70. The molecule has 3 heteroatoms. The van der Waals surface area contributed by atoms with Gasteiger partial charge < -0.3 is 9.67 Å². The van der Waals surface area contributed by atoms with Gasteiger partial charge in [0.2, 0.25) is 0 Å². The van der Waals surface area contributed by atoms with Gasteiger partial charge in [-0.2, -0.15) is 0 Å². The summed E-state index contributed by atoms with van der Waals surface area (Å²) in [5, 5.41) is 9.54. The lowest BCUT2D eigenvalue weighted by atomic mass is 10.1. The minimum absolute atomic E-state index is 0.0674. The third-order valence-electron chi connectivity index (χ3n) is 2.05. The first-order valence-electron chi connectivity index (χ1n) is 4.45. The van der Waals surface area contributed by atoms with Crippen LogP contribution in [0.3, 0.4) is 0 Å². The van der Waals surface area contributed by atoms with E-state index in [0.717, 1.165) is 0 Å². The molecular formula is C10H15NO2. The molecule has 1 unspecified atom stereocenters. The number of hydrogen-bond acceptors (Lipinski definition) is 2. The quantitative estimate of drug-likeness (QED) is 0.751. The lowest BCUT2D eigenvalue weighted by Gasteiger charge is -2.15. The van der Waals surface area contributed by atoms with Crippen molar-refractivity contribution >= 4 is 0 Å². The highest BCUT2D eigenvalue weighted by Crippen LogP contribution is 2.02. The highest BCUT2D eigenvalue weighted by molar-refractivity contribution is 4.93. The average molecular weight is 181 g/mol. The van der Waals surface area contributed by atoms with Crippen LogP contribution in [0, 0.1) is 5.92 Å². The van der Waals surface area contributed by atoms with Gasteiger partial charge in [0.15, 0.2) is 0 Å². The topological polar surface area (TPSA) is 42.2 Å². The van der Waals surface area contributed by atoms with E-state index in [1.54, 1.807) is 18.3 Å². The molecule has 1 N–H and O–H groups in total. The summed E-state index contributed by atoms with van der Waals surface area (Å²) in [5.41, 5.74) is -0.0674. The standard InChI is InChI=1S/C10H15NO2/c1-8(2)9(12)7-11-6-4-3-5-10(11)13/h3-6,8-9,12H,7H2,1-2H3. The van der Waals surface area contributed by atoms with Crippen molar-refractivity contribution in [1.82, 2.24) is 4.57 Å². The molecular weight excluding hydrogens is 166 g/mol. The Kier molecular flexibility index (Phi) is 3.25. The van der Waals surface area contributed by atoms with E-state index in [2.05, 4.69) is 0 Å². The number of aromatic nitrogens is 1. The minimum Gasteiger partial charge on any atom is -0.391 e. The van der Waals surface area contributed by atoms with Crippen molar-refractivity contribution in [3.8, 4) is 0 Å². The summed E-state index contributed by atoms with van der Waals surface area (Å²) in [7, 11) is 0. The van der Waals surface area contributed by atoms with E-state index < -0.39 is 6.10 Å². The summed E-state index contributed by atoms with van der Waals surface area (Å²) in [6.45, 7) is 4.23. The summed E-state index contributed by atoms with van der Waals surface area (Å²) in [6, 6.07) is 4.97. The van der Waals surface area contributed by atoms with Crippen molar-refractivity contribution in [2.75, 3.05) is 0 Å². The molecule has 0 aliphatic carbocycles. The van der Waals surface area contributed by atoms with Gasteiger partial charge in [-0.25, -0.2) is 0 Å². The van der Waals surface area contributed by atoms with Crippen LogP contribution in [0.5, 0.6) is 0 Å². The van der Waals surface area contributed by atoms with Crippen LogP contribution < -0.4 is 5.56 Å². The van der Waals surface area contributed by atoms with Crippen LogP contribution in [0.1, 0.15) is 13.8 Å². The van der Waals surface area contributed by atoms with Crippen LogP contribution in [0.2, 0.25) is 0 Å². The maximum Gasteiger partial charge on any atom is 0.250 e. The molecule has 0 saturated heterocycles. The number of pyridine rings is 1. The van der Waals surface area contributed by atoms with Gasteiger partial charge in [-0.05, 0) is 12.0 Å². The van der Waals surface area contributed by atoms with E-state index >= 15 is 0 Å². The first kappa shape index (κ1) is 9.99. The third-order valence-corrected chi connectivity index (χ3v) is 2.05. The molecule has 0 aliphatic heterocycles. The van der Waals surface area contributed by atoms with Crippen molar-refractivity contribution in [2.45, 2.75) is 26.5 Å². The molecule has 1 aromatic heterocycles. The first-order valence-corrected chi connectivity index (χ1v) is 4.45. The Morgan fingerprint density at radius 3 is 2.69 bits per heavy atom. The summed E-state index contributed by atoms with van der Waals surface area (Å²) in [6.07, 6.45) is 1.23. The number of rotatable bonds is 3. The molecule has 1 atom stereocenters. The summed E-state index contributed by atoms with van der Waals surface area (Å²) in [5.74, 6) is 0.173. The number of hydrogen-bond donors (Lipinski definition) is 1. The summed E-state index contributed by atoms with van der Waals surface area (Å²) < 4.78 is 1.52. The van der Waals surface area contributed by atoms with E-state index in [1.807, 2.05) is 13.8 Å². The van der Waals surface area contributed by atoms with E-state index in [1.165, 1.54) is 10.6 Å². The van der Waals surface area contributed by atoms with Crippen LogP contribution in [0.25, 0.3) is 0 Å². The van der Waals surface area contributed by atoms with Crippen molar-refractivity contribution < 1.29 is 5.11 Å². The lowest BCUT2D eigenvalue weighted by Crippen LogP contribution is -2.28. The molecule has 3 nitrogen and oxygen atoms in total. The molecule has 1 heterocycles. The zero-order valence-corrected chi connectivity index (χ0v) is 7.97. The van der Waals surface area contributed by atoms with Gasteiger partial charge >= 0.3 is 0 Å². The molecule has 0 radical (unpaired) electrons. The Labute approximate surface area is 77.6 Å². The van der Waals surface area contributed by atoms with Crippen LogP contribution in [-0.2, 0) is 6.54 Å². The second kappa shape index (κ2) is 4.23. The van der Waals surface area contributed by atoms with E-state index in [0.29, 0.717) is 6.54 Å². The Morgan fingerprint density at radius 1 is 1.46 bits per heavy atom. The zero-order chi connectivity index (χ0) is 9.84. The molecule has 0 spiro atoms. The molecule has 0 aliphatic rings. The Morgan fingerprint density at radius 2 is 2.15 bits per heavy atom. The van der Waals surface area contributed by atoms with Gasteiger partial charge in [-0.1, -0.05) is 19.9 Å². The minimum atomic E-state index is -0.458. The van der Waals surface area contributed by atoms with E-state index in [9.17, 15) is 9.90 Å². The predicted octanol–water partition coefficient (Wildman–Crippen LogP) is 0.865. The van der Waals surface area contributed by atoms with Gasteiger partial charge in [0.25, 0.3) is 5.56 Å². The fraction of sp³-hybridized carbons (Fsp3) is 0.500. The van der Waals surface area contributed by atoms with Gasteiger partial charge in [0.05, 0.1) is 12.6 Å². The molecule has 72 valence electrons. The number of aliphatic hydroxyl groups excluding tert-OH is 1. The van der Waals surface area contributed by atoms with Crippen LogP contribution in [0.4, 0.5) is 0 Å². The molecule has 0 aromatic carbocycles. The lowest BCUT2D eigenvalue weighted by molar-refractivity contribution is 0.106. The predicted molar refractivity (Wildman–Crippen MR) is 51.5 cm³/mol. The van der Waals surface area contributed by atoms with Gasteiger partial charge in [-0.15, -0.1) is 0 Å². The molecule has 0 saturated carbocycles. The number of nitrogens with zero attached hydrogens (tertiary/aromatic N) is 1. The Hall–Kier alpha value is -1.09. The fourth-order valence-electron chi connectivity index (χ4n) is 1.02. The van der Waals surface area contributed by atoms with Crippen molar-refractivity contribution in [1.29, 1.82) is 0 Å². The highest BCUT2D eigenvalue weighted by atomic mass is 16.3. The molecule has 0 amide bonds. The second-order valence-electron chi connectivity index (χ2n) is 3.50. The van der Waals surface area contributed by atoms with Gasteiger partial charge in [0.1, 0.15) is 0 Å². The average Bonchev–Trinajstić information content (AvgIpc) is 2.08. The molecule has 1 rings (SSSR count). The fourth-order valence-corrected chi connectivity index (χ4v) is 1.02. The largest absolute Gasteiger partial charge is 0.391 e. The Balaban J connectivity index is 2.75. The van der Waals surface area contributed by atoms with Crippen molar-refractivity contribution in [3.05, 3.63) is 34.7 Å². The highest BCUT2D eigenvalue weighted by Gasteiger charge is 2.09.